The first-order valence-corrected chi connectivity index (χ1v) is 7.95. The molecule has 0 unspecified atom stereocenters. The molecule has 0 saturated carbocycles. The summed E-state index contributed by atoms with van der Waals surface area (Å²) in [6, 6.07) is 10.6. The molecule has 3 aromatic rings. The van der Waals surface area contributed by atoms with Crippen LogP contribution in [-0.4, -0.2) is 21.8 Å². The summed E-state index contributed by atoms with van der Waals surface area (Å²) in [5.74, 6) is 0. The molecule has 3 rings (SSSR count). The van der Waals surface area contributed by atoms with Gasteiger partial charge in [-0.15, -0.1) is 0 Å². The zero-order valence-electron chi connectivity index (χ0n) is 12.9. The van der Waals surface area contributed by atoms with Crippen molar-refractivity contribution < 1.29 is 0 Å². The van der Waals surface area contributed by atoms with E-state index in [1.807, 2.05) is 24.1 Å². The van der Waals surface area contributed by atoms with Crippen LogP contribution >= 0.6 is 23.2 Å². The van der Waals surface area contributed by atoms with Crippen molar-refractivity contribution in [1.29, 1.82) is 0 Å². The number of anilines is 1. The first-order chi connectivity index (χ1) is 11.6. The van der Waals surface area contributed by atoms with Gasteiger partial charge in [-0.1, -0.05) is 29.3 Å². The fraction of sp³-hybridized carbons (Fsp3) is 0.118. The third-order valence-electron chi connectivity index (χ3n) is 3.53. The maximum absolute atomic E-state index is 12.5. The fourth-order valence-electron chi connectivity index (χ4n) is 2.31. The topological polar surface area (TPSA) is 51.0 Å². The average molecular weight is 361 g/mol. The lowest BCUT2D eigenvalue weighted by atomic mass is 10.2. The second kappa shape index (κ2) is 7.03. The first-order valence-electron chi connectivity index (χ1n) is 7.20. The number of hydrogen-bond donors (Lipinski definition) is 0. The van der Waals surface area contributed by atoms with Crippen LogP contribution in [0.2, 0.25) is 10.0 Å². The SMILES string of the molecule is CN(Cc1cccnc1)c1cnn(-c2ccc(Cl)cc2)c(=O)c1Cl. The van der Waals surface area contributed by atoms with Crippen LogP contribution in [0.5, 0.6) is 0 Å². The Hall–Kier alpha value is -2.37. The van der Waals surface area contributed by atoms with Gasteiger partial charge in [-0.05, 0) is 35.9 Å². The second-order valence-electron chi connectivity index (χ2n) is 5.25. The molecular formula is C17H14Cl2N4O. The minimum absolute atomic E-state index is 0.117. The molecule has 0 fully saturated rings. The highest BCUT2D eigenvalue weighted by atomic mass is 35.5. The summed E-state index contributed by atoms with van der Waals surface area (Å²) in [5.41, 5.74) is 1.80. The van der Waals surface area contributed by atoms with Gasteiger partial charge in [0.05, 0.1) is 17.6 Å². The Labute approximate surface area is 149 Å². The summed E-state index contributed by atoms with van der Waals surface area (Å²) in [6.07, 6.45) is 5.06. The van der Waals surface area contributed by atoms with Gasteiger partial charge in [-0.2, -0.15) is 9.78 Å². The lowest BCUT2D eigenvalue weighted by Gasteiger charge is -2.20. The van der Waals surface area contributed by atoms with Crippen LogP contribution in [0.15, 0.2) is 59.8 Å². The van der Waals surface area contributed by atoms with Crippen LogP contribution in [0.4, 0.5) is 5.69 Å². The molecule has 24 heavy (non-hydrogen) atoms. The summed E-state index contributed by atoms with van der Waals surface area (Å²) >= 11 is 12.2. The number of benzene rings is 1. The van der Waals surface area contributed by atoms with Crippen molar-refractivity contribution in [2.75, 3.05) is 11.9 Å². The smallest absolute Gasteiger partial charge is 0.292 e. The highest BCUT2D eigenvalue weighted by Crippen LogP contribution is 2.22. The normalized spacial score (nSPS) is 10.6. The molecule has 122 valence electrons. The summed E-state index contributed by atoms with van der Waals surface area (Å²) in [5, 5.41) is 4.93. The Kier molecular flexibility index (Phi) is 4.83. The third kappa shape index (κ3) is 3.42. The molecule has 0 spiro atoms. The Balaban J connectivity index is 1.92. The highest BCUT2D eigenvalue weighted by Gasteiger charge is 2.14. The quantitative estimate of drug-likeness (QED) is 0.713. The minimum Gasteiger partial charge on any atom is -0.368 e. The molecular weight excluding hydrogens is 347 g/mol. The van der Waals surface area contributed by atoms with E-state index in [1.54, 1.807) is 42.9 Å². The van der Waals surface area contributed by atoms with Crippen LogP contribution in [0.25, 0.3) is 5.69 Å². The molecule has 0 N–H and O–H groups in total. The number of pyridine rings is 1. The Morgan fingerprint density at radius 1 is 1.12 bits per heavy atom. The summed E-state index contributed by atoms with van der Waals surface area (Å²) in [6.45, 7) is 0.569. The zero-order chi connectivity index (χ0) is 17.1. The maximum Gasteiger partial charge on any atom is 0.292 e. The zero-order valence-corrected chi connectivity index (χ0v) is 14.4. The van der Waals surface area contributed by atoms with Crippen LogP contribution in [-0.2, 0) is 6.54 Å². The van der Waals surface area contributed by atoms with Crippen LogP contribution in [0.3, 0.4) is 0 Å². The van der Waals surface area contributed by atoms with Crippen LogP contribution in [0, 0.1) is 0 Å². The van der Waals surface area contributed by atoms with Gasteiger partial charge in [-0.25, -0.2) is 0 Å². The monoisotopic (exact) mass is 360 g/mol. The van der Waals surface area contributed by atoms with Gasteiger partial charge in [0.25, 0.3) is 5.56 Å². The number of halogens is 2. The van der Waals surface area contributed by atoms with E-state index < -0.39 is 0 Å². The number of nitrogens with zero attached hydrogens (tertiary/aromatic N) is 4. The van der Waals surface area contributed by atoms with Gasteiger partial charge >= 0.3 is 0 Å². The molecule has 2 aromatic heterocycles. The predicted molar refractivity (Wildman–Crippen MR) is 96.2 cm³/mol. The lowest BCUT2D eigenvalue weighted by Crippen LogP contribution is -2.26. The van der Waals surface area contributed by atoms with E-state index in [0.717, 1.165) is 5.56 Å². The standard InChI is InChI=1S/C17H14Cl2N4O/c1-22(11-12-3-2-8-20-9-12)15-10-21-23(17(24)16(15)19)14-6-4-13(18)5-7-14/h2-10H,11H2,1H3. The Bertz CT molecular complexity index is 895. The maximum atomic E-state index is 12.5. The van der Waals surface area contributed by atoms with Gasteiger partial charge in [0, 0.05) is 31.0 Å². The molecule has 2 heterocycles. The van der Waals surface area contributed by atoms with Crippen molar-refractivity contribution >= 4 is 28.9 Å². The van der Waals surface area contributed by atoms with Crippen molar-refractivity contribution in [1.82, 2.24) is 14.8 Å². The number of aromatic nitrogens is 3. The highest BCUT2D eigenvalue weighted by molar-refractivity contribution is 6.33. The van der Waals surface area contributed by atoms with Crippen molar-refractivity contribution in [2.24, 2.45) is 0 Å². The van der Waals surface area contributed by atoms with Gasteiger partial charge in [0.1, 0.15) is 5.02 Å². The van der Waals surface area contributed by atoms with Crippen molar-refractivity contribution in [3.05, 3.63) is 81.0 Å². The van der Waals surface area contributed by atoms with E-state index in [1.165, 1.54) is 4.68 Å². The fourth-order valence-corrected chi connectivity index (χ4v) is 2.71. The number of hydrogen-bond acceptors (Lipinski definition) is 4. The van der Waals surface area contributed by atoms with E-state index in [2.05, 4.69) is 10.1 Å². The van der Waals surface area contributed by atoms with Crippen LogP contribution in [0.1, 0.15) is 5.56 Å². The molecule has 0 saturated heterocycles. The van der Waals surface area contributed by atoms with E-state index in [0.29, 0.717) is 22.9 Å². The molecule has 1 aromatic carbocycles. The van der Waals surface area contributed by atoms with Crippen molar-refractivity contribution in [3.63, 3.8) is 0 Å². The molecule has 5 nitrogen and oxygen atoms in total. The Morgan fingerprint density at radius 2 is 1.88 bits per heavy atom. The molecule has 0 amide bonds. The van der Waals surface area contributed by atoms with Gasteiger partial charge < -0.3 is 4.90 Å². The molecule has 7 heteroatoms. The molecule has 0 radical (unpaired) electrons. The van der Waals surface area contributed by atoms with Crippen LogP contribution < -0.4 is 10.5 Å². The second-order valence-corrected chi connectivity index (χ2v) is 6.07. The van der Waals surface area contributed by atoms with Gasteiger partial charge in [0.15, 0.2) is 0 Å². The molecule has 0 aliphatic heterocycles. The average Bonchev–Trinajstić information content (AvgIpc) is 2.59. The van der Waals surface area contributed by atoms with E-state index in [4.69, 9.17) is 23.2 Å². The van der Waals surface area contributed by atoms with Gasteiger partial charge in [-0.3, -0.25) is 9.78 Å². The van der Waals surface area contributed by atoms with E-state index >= 15 is 0 Å². The van der Waals surface area contributed by atoms with Crippen molar-refractivity contribution in [2.45, 2.75) is 6.54 Å². The summed E-state index contributed by atoms with van der Waals surface area (Å²) in [4.78, 5) is 18.5. The Morgan fingerprint density at radius 3 is 2.54 bits per heavy atom. The number of rotatable bonds is 4. The third-order valence-corrected chi connectivity index (χ3v) is 4.13. The van der Waals surface area contributed by atoms with Gasteiger partial charge in [0.2, 0.25) is 0 Å². The molecule has 0 atom stereocenters. The lowest BCUT2D eigenvalue weighted by molar-refractivity contribution is 0.794. The minimum atomic E-state index is -0.380. The summed E-state index contributed by atoms with van der Waals surface area (Å²) in [7, 11) is 1.85. The molecule has 0 aliphatic rings. The predicted octanol–water partition coefficient (Wildman–Crippen LogP) is 3.57. The summed E-state index contributed by atoms with van der Waals surface area (Å²) < 4.78 is 1.25. The van der Waals surface area contributed by atoms with Crippen molar-refractivity contribution in [3.8, 4) is 5.69 Å². The molecule has 0 bridgehead atoms. The first kappa shape index (κ1) is 16.5. The molecule has 0 aliphatic carbocycles. The largest absolute Gasteiger partial charge is 0.368 e. The van der Waals surface area contributed by atoms with E-state index in [-0.39, 0.29) is 10.6 Å². The van der Waals surface area contributed by atoms with E-state index in [9.17, 15) is 4.79 Å².